The van der Waals surface area contributed by atoms with Gasteiger partial charge in [-0.15, -0.1) is 0 Å². The van der Waals surface area contributed by atoms with Crippen LogP contribution in [0, 0.1) is 17.7 Å². The van der Waals surface area contributed by atoms with Gasteiger partial charge in [-0.05, 0) is 30.9 Å². The molecule has 5 heteroatoms. The first-order chi connectivity index (χ1) is 10.1. The molecule has 0 saturated heterocycles. The molecule has 0 spiro atoms. The SMILES string of the molecule is CSC(C)CCNC(=O)c1ccc(C#CCCO)cc1F. The summed E-state index contributed by atoms with van der Waals surface area (Å²) in [5.41, 5.74) is 0.521. The van der Waals surface area contributed by atoms with E-state index < -0.39 is 11.7 Å². The number of benzene rings is 1. The lowest BCUT2D eigenvalue weighted by molar-refractivity contribution is 0.0949. The second kappa shape index (κ2) is 9.43. The number of carbonyl (C=O) groups is 1. The average Bonchev–Trinajstić information content (AvgIpc) is 2.47. The first-order valence-electron chi connectivity index (χ1n) is 6.78. The molecule has 0 bridgehead atoms. The average molecular weight is 309 g/mol. The van der Waals surface area contributed by atoms with Gasteiger partial charge >= 0.3 is 0 Å². The summed E-state index contributed by atoms with van der Waals surface area (Å²) in [6.45, 7) is 2.58. The fourth-order valence-electron chi connectivity index (χ4n) is 1.60. The van der Waals surface area contributed by atoms with Gasteiger partial charge in [0, 0.05) is 23.8 Å². The normalized spacial score (nSPS) is 11.4. The van der Waals surface area contributed by atoms with E-state index in [9.17, 15) is 9.18 Å². The van der Waals surface area contributed by atoms with Gasteiger partial charge in [0.1, 0.15) is 5.82 Å². The van der Waals surface area contributed by atoms with Crippen molar-refractivity contribution in [3.63, 3.8) is 0 Å². The first kappa shape index (κ1) is 17.5. The molecule has 0 aromatic heterocycles. The molecule has 0 fully saturated rings. The highest BCUT2D eigenvalue weighted by atomic mass is 32.2. The highest BCUT2D eigenvalue weighted by molar-refractivity contribution is 7.99. The third kappa shape index (κ3) is 6.19. The van der Waals surface area contributed by atoms with Crippen LogP contribution >= 0.6 is 11.8 Å². The van der Waals surface area contributed by atoms with E-state index in [4.69, 9.17) is 5.11 Å². The Balaban J connectivity index is 2.63. The summed E-state index contributed by atoms with van der Waals surface area (Å²) in [6.07, 6.45) is 3.21. The summed E-state index contributed by atoms with van der Waals surface area (Å²) < 4.78 is 13.9. The van der Waals surface area contributed by atoms with Crippen LogP contribution in [0.5, 0.6) is 0 Å². The topological polar surface area (TPSA) is 49.3 Å². The molecule has 1 rings (SSSR count). The minimum Gasteiger partial charge on any atom is -0.395 e. The molecule has 1 amide bonds. The van der Waals surface area contributed by atoms with Gasteiger partial charge < -0.3 is 10.4 Å². The third-order valence-electron chi connectivity index (χ3n) is 2.92. The van der Waals surface area contributed by atoms with Crippen molar-refractivity contribution in [2.45, 2.75) is 25.0 Å². The fraction of sp³-hybridized carbons (Fsp3) is 0.438. The van der Waals surface area contributed by atoms with Crippen LogP contribution in [-0.4, -0.2) is 35.7 Å². The number of aliphatic hydroxyl groups excluding tert-OH is 1. The van der Waals surface area contributed by atoms with Gasteiger partial charge in [-0.2, -0.15) is 11.8 Å². The zero-order valence-corrected chi connectivity index (χ0v) is 13.1. The molecular formula is C16H20FNO2S. The maximum atomic E-state index is 13.9. The summed E-state index contributed by atoms with van der Waals surface area (Å²) in [5, 5.41) is 11.8. The summed E-state index contributed by atoms with van der Waals surface area (Å²) in [7, 11) is 0. The standard InChI is InChI=1S/C16H20FNO2S/c1-12(21-2)8-9-18-16(20)14-7-6-13(11-15(14)17)5-3-4-10-19/h6-7,11-12,19H,4,8-10H2,1-2H3,(H,18,20). The van der Waals surface area contributed by atoms with Gasteiger partial charge in [0.2, 0.25) is 0 Å². The fourth-order valence-corrected chi connectivity index (χ4v) is 1.95. The van der Waals surface area contributed by atoms with Crippen LogP contribution in [0.15, 0.2) is 18.2 Å². The summed E-state index contributed by atoms with van der Waals surface area (Å²) in [5.74, 6) is 4.46. The molecule has 0 radical (unpaired) electrons. The molecule has 0 aliphatic rings. The van der Waals surface area contributed by atoms with Gasteiger partial charge in [0.15, 0.2) is 0 Å². The van der Waals surface area contributed by atoms with Crippen LogP contribution < -0.4 is 5.32 Å². The van der Waals surface area contributed by atoms with E-state index in [1.54, 1.807) is 17.8 Å². The molecule has 1 atom stereocenters. The molecule has 114 valence electrons. The van der Waals surface area contributed by atoms with Crippen molar-refractivity contribution in [3.05, 3.63) is 35.1 Å². The Kier molecular flexibility index (Phi) is 7.88. The predicted octanol–water partition coefficient (Wildman–Crippen LogP) is 2.43. The number of hydrogen-bond donors (Lipinski definition) is 2. The smallest absolute Gasteiger partial charge is 0.254 e. The number of thioether (sulfide) groups is 1. The Bertz CT molecular complexity index is 537. The van der Waals surface area contributed by atoms with Gasteiger partial charge in [-0.3, -0.25) is 4.79 Å². The number of rotatable bonds is 6. The second-order valence-corrected chi connectivity index (χ2v) is 5.84. The van der Waals surface area contributed by atoms with E-state index >= 15 is 0 Å². The Hall–Kier alpha value is -1.51. The van der Waals surface area contributed by atoms with Crippen molar-refractivity contribution in [2.75, 3.05) is 19.4 Å². The Morgan fingerprint density at radius 2 is 2.29 bits per heavy atom. The molecule has 1 unspecified atom stereocenters. The maximum absolute atomic E-state index is 13.9. The number of hydrogen-bond acceptors (Lipinski definition) is 3. The minimum absolute atomic E-state index is 0.0234. The number of aliphatic hydroxyl groups is 1. The van der Waals surface area contributed by atoms with Crippen LogP contribution in [0.4, 0.5) is 4.39 Å². The molecule has 0 saturated carbocycles. The molecule has 21 heavy (non-hydrogen) atoms. The molecule has 1 aromatic carbocycles. The number of amides is 1. The van der Waals surface area contributed by atoms with E-state index in [0.29, 0.717) is 23.8 Å². The molecule has 1 aromatic rings. The Morgan fingerprint density at radius 1 is 1.52 bits per heavy atom. The van der Waals surface area contributed by atoms with Crippen molar-refractivity contribution < 1.29 is 14.3 Å². The van der Waals surface area contributed by atoms with Gasteiger partial charge in [0.25, 0.3) is 5.91 Å². The largest absolute Gasteiger partial charge is 0.395 e. The number of nitrogens with one attached hydrogen (secondary N) is 1. The molecule has 0 aliphatic carbocycles. The van der Waals surface area contributed by atoms with Crippen LogP contribution in [0.3, 0.4) is 0 Å². The Labute approximate surface area is 129 Å². The molecule has 0 heterocycles. The van der Waals surface area contributed by atoms with E-state index in [-0.39, 0.29) is 12.2 Å². The monoisotopic (exact) mass is 309 g/mol. The van der Waals surface area contributed by atoms with Crippen LogP contribution in [0.2, 0.25) is 0 Å². The van der Waals surface area contributed by atoms with Gasteiger partial charge in [0.05, 0.1) is 12.2 Å². The number of carbonyl (C=O) groups excluding carboxylic acids is 1. The van der Waals surface area contributed by atoms with E-state index in [1.165, 1.54) is 12.1 Å². The quantitative estimate of drug-likeness (QED) is 0.794. The lowest BCUT2D eigenvalue weighted by Gasteiger charge is -2.09. The Morgan fingerprint density at radius 3 is 2.90 bits per heavy atom. The van der Waals surface area contributed by atoms with Crippen molar-refractivity contribution in [1.82, 2.24) is 5.32 Å². The van der Waals surface area contributed by atoms with Gasteiger partial charge in [-0.1, -0.05) is 18.8 Å². The van der Waals surface area contributed by atoms with Crippen LogP contribution in [0.25, 0.3) is 0 Å². The van der Waals surface area contributed by atoms with Crippen molar-refractivity contribution in [1.29, 1.82) is 0 Å². The van der Waals surface area contributed by atoms with E-state index in [0.717, 1.165) is 6.42 Å². The maximum Gasteiger partial charge on any atom is 0.254 e. The molecule has 2 N–H and O–H groups in total. The number of halogens is 1. The van der Waals surface area contributed by atoms with Crippen LogP contribution in [0.1, 0.15) is 35.7 Å². The lowest BCUT2D eigenvalue weighted by atomic mass is 10.1. The molecule has 0 aliphatic heterocycles. The summed E-state index contributed by atoms with van der Waals surface area (Å²) >= 11 is 1.73. The van der Waals surface area contributed by atoms with Gasteiger partial charge in [-0.25, -0.2) is 4.39 Å². The predicted molar refractivity (Wildman–Crippen MR) is 84.9 cm³/mol. The zero-order valence-electron chi connectivity index (χ0n) is 12.3. The molecular weight excluding hydrogens is 289 g/mol. The highest BCUT2D eigenvalue weighted by Gasteiger charge is 2.11. The van der Waals surface area contributed by atoms with E-state index in [2.05, 4.69) is 24.1 Å². The van der Waals surface area contributed by atoms with Crippen molar-refractivity contribution in [3.8, 4) is 11.8 Å². The van der Waals surface area contributed by atoms with E-state index in [1.807, 2.05) is 6.26 Å². The van der Waals surface area contributed by atoms with Crippen LogP contribution in [-0.2, 0) is 0 Å². The minimum atomic E-state index is -0.582. The first-order valence-corrected chi connectivity index (χ1v) is 8.07. The third-order valence-corrected chi connectivity index (χ3v) is 3.96. The highest BCUT2D eigenvalue weighted by Crippen LogP contribution is 2.11. The molecule has 3 nitrogen and oxygen atoms in total. The van der Waals surface area contributed by atoms with Crippen molar-refractivity contribution >= 4 is 17.7 Å². The lowest BCUT2D eigenvalue weighted by Crippen LogP contribution is -2.26. The van der Waals surface area contributed by atoms with Crippen molar-refractivity contribution in [2.24, 2.45) is 0 Å². The summed E-state index contributed by atoms with van der Waals surface area (Å²) in [6, 6.07) is 4.28. The summed E-state index contributed by atoms with van der Waals surface area (Å²) in [4.78, 5) is 11.9. The second-order valence-electron chi connectivity index (χ2n) is 4.56. The zero-order chi connectivity index (χ0) is 15.7.